The van der Waals surface area contributed by atoms with Crippen LogP contribution in [0.2, 0.25) is 15.1 Å². The van der Waals surface area contributed by atoms with E-state index in [2.05, 4.69) is 5.32 Å². The van der Waals surface area contributed by atoms with Crippen molar-refractivity contribution in [3.05, 3.63) is 45.1 Å². The molecule has 0 aliphatic carbocycles. The van der Waals surface area contributed by atoms with E-state index in [-0.39, 0.29) is 6.42 Å². The molecule has 0 saturated heterocycles. The zero-order valence-corrected chi connectivity index (χ0v) is 17.1. The summed E-state index contributed by atoms with van der Waals surface area (Å²) in [5.41, 5.74) is -0.298. The number of benzene rings is 1. The molecule has 0 fully saturated rings. The summed E-state index contributed by atoms with van der Waals surface area (Å²) < 4.78 is 10.7. The number of ether oxygens (including phenoxy) is 1. The highest BCUT2D eigenvalue weighted by Crippen LogP contribution is 2.38. The van der Waals surface area contributed by atoms with E-state index in [0.29, 0.717) is 32.2 Å². The number of carboxylic acids is 1. The van der Waals surface area contributed by atoms with Crippen molar-refractivity contribution in [3.63, 3.8) is 0 Å². The number of alkyl carbamates (subject to hydrolysis) is 1. The van der Waals surface area contributed by atoms with Crippen LogP contribution in [-0.4, -0.2) is 28.8 Å². The highest BCUT2D eigenvalue weighted by atomic mass is 35.5. The summed E-state index contributed by atoms with van der Waals surface area (Å²) in [6.07, 6.45) is -0.914. The van der Waals surface area contributed by atoms with Crippen molar-refractivity contribution < 1.29 is 23.8 Å². The third-order valence-electron chi connectivity index (χ3n) is 3.31. The number of carboxylic acid groups (broad SMARTS) is 1. The third kappa shape index (κ3) is 6.06. The largest absolute Gasteiger partial charge is 0.480 e. The average Bonchev–Trinajstić information content (AvgIpc) is 2.91. The van der Waals surface area contributed by atoms with Crippen molar-refractivity contribution in [3.8, 4) is 11.3 Å². The molecule has 27 heavy (non-hydrogen) atoms. The topological polar surface area (TPSA) is 88.8 Å². The van der Waals surface area contributed by atoms with Gasteiger partial charge in [0.1, 0.15) is 23.2 Å². The van der Waals surface area contributed by atoms with Crippen molar-refractivity contribution in [2.24, 2.45) is 0 Å². The Balaban J connectivity index is 2.17. The van der Waals surface area contributed by atoms with Crippen LogP contribution in [0.15, 0.2) is 28.7 Å². The van der Waals surface area contributed by atoms with Gasteiger partial charge >= 0.3 is 12.1 Å². The van der Waals surface area contributed by atoms with E-state index in [1.54, 1.807) is 32.9 Å². The summed E-state index contributed by atoms with van der Waals surface area (Å²) in [6, 6.07) is 5.02. The van der Waals surface area contributed by atoms with Gasteiger partial charge in [-0.05, 0) is 45.0 Å². The Kier molecular flexibility index (Phi) is 6.68. The lowest BCUT2D eigenvalue weighted by atomic mass is 10.1. The molecule has 0 saturated carbocycles. The molecule has 0 spiro atoms. The number of nitrogens with one attached hydrogen (secondary N) is 1. The van der Waals surface area contributed by atoms with Gasteiger partial charge < -0.3 is 19.6 Å². The smallest absolute Gasteiger partial charge is 0.408 e. The van der Waals surface area contributed by atoms with Gasteiger partial charge in [0.15, 0.2) is 0 Å². The van der Waals surface area contributed by atoms with Crippen molar-refractivity contribution in [2.45, 2.75) is 38.8 Å². The van der Waals surface area contributed by atoms with Crippen molar-refractivity contribution in [2.75, 3.05) is 0 Å². The first-order valence-electron chi connectivity index (χ1n) is 7.92. The van der Waals surface area contributed by atoms with Crippen LogP contribution < -0.4 is 5.32 Å². The summed E-state index contributed by atoms with van der Waals surface area (Å²) >= 11 is 18.2. The van der Waals surface area contributed by atoms with Gasteiger partial charge in [-0.15, -0.1) is 0 Å². The minimum Gasteiger partial charge on any atom is -0.480 e. The number of halogens is 3. The fraction of sp³-hybridized carbons (Fsp3) is 0.333. The lowest BCUT2D eigenvalue weighted by Gasteiger charge is -2.21. The highest BCUT2D eigenvalue weighted by Gasteiger charge is 2.25. The predicted octanol–water partition coefficient (Wildman–Crippen LogP) is 5.43. The van der Waals surface area contributed by atoms with Crippen LogP contribution in [-0.2, 0) is 16.0 Å². The number of rotatable bonds is 5. The van der Waals surface area contributed by atoms with E-state index in [4.69, 9.17) is 44.0 Å². The van der Waals surface area contributed by atoms with Crippen LogP contribution in [0.1, 0.15) is 26.5 Å². The van der Waals surface area contributed by atoms with E-state index in [9.17, 15) is 14.7 Å². The molecule has 0 bridgehead atoms. The molecule has 2 rings (SSSR count). The highest BCUT2D eigenvalue weighted by molar-refractivity contribution is 6.41. The van der Waals surface area contributed by atoms with Gasteiger partial charge in [-0.2, -0.15) is 0 Å². The van der Waals surface area contributed by atoms with Crippen LogP contribution in [0.4, 0.5) is 4.79 Å². The first-order valence-corrected chi connectivity index (χ1v) is 9.05. The monoisotopic (exact) mass is 433 g/mol. The van der Waals surface area contributed by atoms with E-state index in [1.165, 1.54) is 12.1 Å². The molecular weight excluding hydrogens is 417 g/mol. The van der Waals surface area contributed by atoms with Gasteiger partial charge in [0.05, 0.1) is 15.6 Å². The van der Waals surface area contributed by atoms with E-state index in [1.807, 2.05) is 0 Å². The number of carbonyl (C=O) groups is 2. The molecule has 0 aliphatic rings. The molecule has 1 amide bonds. The Hall–Kier alpha value is -1.89. The molecule has 1 aromatic heterocycles. The lowest BCUT2D eigenvalue weighted by Crippen LogP contribution is -2.44. The fourth-order valence-electron chi connectivity index (χ4n) is 2.25. The molecule has 2 N–H and O–H groups in total. The second kappa shape index (κ2) is 8.42. The SMILES string of the molecule is CC(C)(C)OC(=O)NC(Cc1ccc(-c2c(Cl)cc(Cl)cc2Cl)o1)C(=O)O. The zero-order chi connectivity index (χ0) is 20.4. The summed E-state index contributed by atoms with van der Waals surface area (Å²) in [5, 5.41) is 12.7. The molecule has 6 nitrogen and oxygen atoms in total. The van der Waals surface area contributed by atoms with Crippen LogP contribution in [0.3, 0.4) is 0 Å². The number of amides is 1. The second-order valence-corrected chi connectivity index (χ2v) is 8.00. The lowest BCUT2D eigenvalue weighted by molar-refractivity contribution is -0.139. The molecular formula is C18H18Cl3NO5. The van der Waals surface area contributed by atoms with Gasteiger partial charge in [-0.3, -0.25) is 0 Å². The van der Waals surface area contributed by atoms with Crippen molar-refractivity contribution in [1.82, 2.24) is 5.32 Å². The normalized spacial score (nSPS) is 12.5. The van der Waals surface area contributed by atoms with Gasteiger partial charge in [0.2, 0.25) is 0 Å². The maximum absolute atomic E-state index is 11.8. The number of aliphatic carboxylic acids is 1. The molecule has 1 aromatic carbocycles. The summed E-state index contributed by atoms with van der Waals surface area (Å²) in [7, 11) is 0. The number of carbonyl (C=O) groups excluding carboxylic acids is 1. The first-order chi connectivity index (χ1) is 12.5. The van der Waals surface area contributed by atoms with Gasteiger partial charge in [0, 0.05) is 11.4 Å². The Morgan fingerprint density at radius 3 is 2.30 bits per heavy atom. The first kappa shape index (κ1) is 21.4. The standard InChI is InChI=1S/C18H18Cl3NO5/c1-18(2,3)27-17(25)22-13(16(23)24)8-10-4-5-14(26-10)15-11(20)6-9(19)7-12(15)21/h4-7,13H,8H2,1-3H3,(H,22,25)(H,23,24). The van der Waals surface area contributed by atoms with Crippen LogP contribution in [0.5, 0.6) is 0 Å². The van der Waals surface area contributed by atoms with Crippen molar-refractivity contribution >= 4 is 46.9 Å². The summed E-state index contributed by atoms with van der Waals surface area (Å²) in [5.74, 6) is -0.532. The van der Waals surface area contributed by atoms with E-state index >= 15 is 0 Å². The van der Waals surface area contributed by atoms with Crippen molar-refractivity contribution in [1.29, 1.82) is 0 Å². The summed E-state index contributed by atoms with van der Waals surface area (Å²) in [4.78, 5) is 23.3. The fourth-order valence-corrected chi connectivity index (χ4v) is 3.25. The van der Waals surface area contributed by atoms with Gasteiger partial charge in [-0.1, -0.05) is 34.8 Å². The third-order valence-corrected chi connectivity index (χ3v) is 4.12. The number of furan rings is 1. The molecule has 1 heterocycles. The average molecular weight is 435 g/mol. The maximum atomic E-state index is 11.8. The Bertz CT molecular complexity index is 834. The van der Waals surface area contributed by atoms with Gasteiger partial charge in [0.25, 0.3) is 0 Å². The molecule has 1 atom stereocenters. The minimum absolute atomic E-state index is 0.0859. The van der Waals surface area contributed by atoms with E-state index < -0.39 is 23.7 Å². The molecule has 1 unspecified atom stereocenters. The quantitative estimate of drug-likeness (QED) is 0.655. The second-order valence-electron chi connectivity index (χ2n) is 6.75. The molecule has 146 valence electrons. The predicted molar refractivity (Wildman–Crippen MR) is 104 cm³/mol. The van der Waals surface area contributed by atoms with Crippen LogP contribution >= 0.6 is 34.8 Å². The Morgan fingerprint density at radius 2 is 1.78 bits per heavy atom. The van der Waals surface area contributed by atoms with Gasteiger partial charge in [-0.25, -0.2) is 9.59 Å². The number of hydrogen-bond donors (Lipinski definition) is 2. The van der Waals surface area contributed by atoms with Crippen LogP contribution in [0, 0.1) is 0 Å². The number of hydrogen-bond acceptors (Lipinski definition) is 4. The van der Waals surface area contributed by atoms with Crippen LogP contribution in [0.25, 0.3) is 11.3 Å². The van der Waals surface area contributed by atoms with E-state index in [0.717, 1.165) is 0 Å². The molecule has 2 aromatic rings. The zero-order valence-electron chi connectivity index (χ0n) is 14.8. The Morgan fingerprint density at radius 1 is 1.19 bits per heavy atom. The molecule has 0 aliphatic heterocycles. The molecule has 0 radical (unpaired) electrons. The molecule has 9 heteroatoms. The Labute approximate surface area is 171 Å². The maximum Gasteiger partial charge on any atom is 0.408 e. The minimum atomic E-state index is -1.23. The summed E-state index contributed by atoms with van der Waals surface area (Å²) in [6.45, 7) is 5.04.